The van der Waals surface area contributed by atoms with Crippen LogP contribution in [0.25, 0.3) is 0 Å². The van der Waals surface area contributed by atoms with Crippen LogP contribution in [0, 0.1) is 6.92 Å². The number of alkyl carbamates (subject to hydrolysis) is 1. The van der Waals surface area contributed by atoms with E-state index in [9.17, 15) is 9.59 Å². The summed E-state index contributed by atoms with van der Waals surface area (Å²) in [4.78, 5) is 26.9. The lowest BCUT2D eigenvalue weighted by Crippen LogP contribution is -2.45. The zero-order valence-electron chi connectivity index (χ0n) is 21.2. The third kappa shape index (κ3) is 7.81. The Balaban J connectivity index is 2.16. The summed E-state index contributed by atoms with van der Waals surface area (Å²) in [6, 6.07) is 4.12. The molecule has 1 aromatic rings. The standard InChI is InChI=1S/C25H40N2O6/c1-8-27(19-11-9-18(10-12-19)26-24(29)33-25(3,4)5)22-16-20(32-14-13-30-6)15-21(17(22)2)23(28)31-7/h15-16,18-19H,8-14H2,1-7H3,(H,26,29)/t18-,19-. The monoisotopic (exact) mass is 464 g/mol. The Bertz CT molecular complexity index is 797. The molecule has 1 aliphatic carbocycles. The minimum atomic E-state index is -0.508. The molecule has 0 saturated heterocycles. The molecule has 0 heterocycles. The summed E-state index contributed by atoms with van der Waals surface area (Å²) in [5.41, 5.74) is 1.83. The van der Waals surface area contributed by atoms with Crippen LogP contribution in [-0.4, -0.2) is 63.7 Å². The number of rotatable bonds is 9. The molecule has 0 atom stereocenters. The van der Waals surface area contributed by atoms with Crippen molar-refractivity contribution in [3.8, 4) is 5.75 Å². The van der Waals surface area contributed by atoms with Crippen LogP contribution in [0.1, 0.15) is 69.3 Å². The predicted octanol–water partition coefficient (Wildman–Crippen LogP) is 4.47. The number of nitrogens with zero attached hydrogens (tertiary/aromatic N) is 1. The van der Waals surface area contributed by atoms with Gasteiger partial charge < -0.3 is 29.2 Å². The van der Waals surface area contributed by atoms with Crippen molar-refractivity contribution in [1.29, 1.82) is 0 Å². The Labute approximate surface area is 197 Å². The Hall–Kier alpha value is -2.48. The summed E-state index contributed by atoms with van der Waals surface area (Å²) in [5, 5.41) is 3.00. The quantitative estimate of drug-likeness (QED) is 0.426. The van der Waals surface area contributed by atoms with Crippen molar-refractivity contribution in [1.82, 2.24) is 5.32 Å². The number of carbonyl (C=O) groups is 2. The van der Waals surface area contributed by atoms with Crippen LogP contribution < -0.4 is 15.0 Å². The van der Waals surface area contributed by atoms with Gasteiger partial charge in [-0.1, -0.05) is 0 Å². The van der Waals surface area contributed by atoms with Gasteiger partial charge in [-0.2, -0.15) is 0 Å². The topological polar surface area (TPSA) is 86.3 Å². The lowest BCUT2D eigenvalue weighted by Gasteiger charge is -2.39. The van der Waals surface area contributed by atoms with E-state index in [1.54, 1.807) is 13.2 Å². The highest BCUT2D eigenvalue weighted by atomic mass is 16.6. The number of hydrogen-bond acceptors (Lipinski definition) is 7. The summed E-state index contributed by atoms with van der Waals surface area (Å²) < 4.78 is 21.3. The van der Waals surface area contributed by atoms with Gasteiger partial charge in [0, 0.05) is 37.5 Å². The molecular formula is C25H40N2O6. The molecule has 186 valence electrons. The maximum atomic E-state index is 12.4. The lowest BCUT2D eigenvalue weighted by molar-refractivity contribution is 0.0490. The van der Waals surface area contributed by atoms with Gasteiger partial charge in [0.15, 0.2) is 0 Å². The first-order chi connectivity index (χ1) is 15.6. The fraction of sp³-hybridized carbons (Fsp3) is 0.680. The van der Waals surface area contributed by atoms with E-state index in [0.717, 1.165) is 43.5 Å². The van der Waals surface area contributed by atoms with Crippen LogP contribution in [-0.2, 0) is 14.2 Å². The first kappa shape index (κ1) is 26.8. The number of anilines is 1. The van der Waals surface area contributed by atoms with Gasteiger partial charge in [0.2, 0.25) is 0 Å². The van der Waals surface area contributed by atoms with E-state index in [4.69, 9.17) is 18.9 Å². The van der Waals surface area contributed by atoms with E-state index >= 15 is 0 Å². The van der Waals surface area contributed by atoms with Gasteiger partial charge in [0.1, 0.15) is 18.0 Å². The van der Waals surface area contributed by atoms with Crippen molar-refractivity contribution in [3.05, 3.63) is 23.3 Å². The van der Waals surface area contributed by atoms with Gasteiger partial charge in [-0.3, -0.25) is 0 Å². The largest absolute Gasteiger partial charge is 0.491 e. The maximum Gasteiger partial charge on any atom is 0.407 e. The second-order valence-corrected chi connectivity index (χ2v) is 9.39. The first-order valence-corrected chi connectivity index (χ1v) is 11.7. The Morgan fingerprint density at radius 2 is 1.76 bits per heavy atom. The summed E-state index contributed by atoms with van der Waals surface area (Å²) in [5.74, 6) is 0.235. The minimum absolute atomic E-state index is 0.102. The van der Waals surface area contributed by atoms with Gasteiger partial charge >= 0.3 is 12.1 Å². The molecule has 8 heteroatoms. The molecule has 33 heavy (non-hydrogen) atoms. The molecular weight excluding hydrogens is 424 g/mol. The fourth-order valence-electron chi connectivity index (χ4n) is 4.25. The zero-order valence-corrected chi connectivity index (χ0v) is 21.2. The number of carbonyl (C=O) groups excluding carboxylic acids is 2. The second kappa shape index (κ2) is 12.1. The van der Waals surface area contributed by atoms with Crippen LogP contribution in [0.15, 0.2) is 12.1 Å². The van der Waals surface area contributed by atoms with E-state index in [1.807, 2.05) is 33.8 Å². The van der Waals surface area contributed by atoms with Crippen LogP contribution in [0.3, 0.4) is 0 Å². The maximum absolute atomic E-state index is 12.4. The lowest BCUT2D eigenvalue weighted by atomic mass is 9.89. The molecule has 1 aromatic carbocycles. The molecule has 1 fully saturated rings. The van der Waals surface area contributed by atoms with Crippen LogP contribution >= 0.6 is 0 Å². The highest BCUT2D eigenvalue weighted by molar-refractivity contribution is 5.93. The molecule has 1 saturated carbocycles. The molecule has 0 unspecified atom stereocenters. The molecule has 0 spiro atoms. The van der Waals surface area contributed by atoms with Crippen molar-refractivity contribution in [3.63, 3.8) is 0 Å². The van der Waals surface area contributed by atoms with Crippen LogP contribution in [0.4, 0.5) is 10.5 Å². The molecule has 1 N–H and O–H groups in total. The predicted molar refractivity (Wildman–Crippen MR) is 128 cm³/mol. The van der Waals surface area contributed by atoms with Gasteiger partial charge in [0.25, 0.3) is 0 Å². The second-order valence-electron chi connectivity index (χ2n) is 9.39. The van der Waals surface area contributed by atoms with E-state index in [2.05, 4.69) is 17.1 Å². The van der Waals surface area contributed by atoms with Crippen molar-refractivity contribution >= 4 is 17.7 Å². The number of benzene rings is 1. The average molecular weight is 465 g/mol. The summed E-state index contributed by atoms with van der Waals surface area (Å²) in [7, 11) is 3.01. The van der Waals surface area contributed by atoms with Gasteiger partial charge in [-0.05, 0) is 71.9 Å². The zero-order chi connectivity index (χ0) is 24.6. The van der Waals surface area contributed by atoms with Crippen LogP contribution in [0.2, 0.25) is 0 Å². The molecule has 1 aliphatic rings. The summed E-state index contributed by atoms with van der Waals surface area (Å²) in [6.07, 6.45) is 3.23. The number of hydrogen-bond donors (Lipinski definition) is 1. The Kier molecular flexibility index (Phi) is 9.83. The van der Waals surface area contributed by atoms with Crippen molar-refractivity contribution in [2.75, 3.05) is 38.9 Å². The SMILES string of the molecule is CCN(c1cc(OCCOC)cc(C(=O)OC)c1C)[C@H]1CC[C@H](NC(=O)OC(C)(C)C)CC1. The average Bonchev–Trinajstić information content (AvgIpc) is 2.75. The summed E-state index contributed by atoms with van der Waals surface area (Å²) >= 11 is 0. The van der Waals surface area contributed by atoms with E-state index in [0.29, 0.717) is 30.6 Å². The molecule has 2 rings (SSSR count). The number of esters is 1. The molecule has 8 nitrogen and oxygen atoms in total. The van der Waals surface area contributed by atoms with Gasteiger partial charge in [-0.25, -0.2) is 9.59 Å². The van der Waals surface area contributed by atoms with Crippen molar-refractivity contribution < 1.29 is 28.5 Å². The molecule has 1 amide bonds. The Morgan fingerprint density at radius 3 is 2.30 bits per heavy atom. The van der Waals surface area contributed by atoms with E-state index in [-0.39, 0.29) is 18.1 Å². The number of amides is 1. The normalized spacial score (nSPS) is 18.4. The molecule has 0 aliphatic heterocycles. The highest BCUT2D eigenvalue weighted by Crippen LogP contribution is 2.34. The third-order valence-electron chi connectivity index (χ3n) is 5.82. The molecule has 0 bridgehead atoms. The smallest absolute Gasteiger partial charge is 0.407 e. The minimum Gasteiger partial charge on any atom is -0.491 e. The Morgan fingerprint density at radius 1 is 1.09 bits per heavy atom. The first-order valence-electron chi connectivity index (χ1n) is 11.7. The van der Waals surface area contributed by atoms with Gasteiger partial charge in [0.05, 0.1) is 19.3 Å². The number of nitrogens with one attached hydrogen (secondary N) is 1. The summed E-state index contributed by atoms with van der Waals surface area (Å²) in [6.45, 7) is 11.3. The molecule has 0 radical (unpaired) electrons. The van der Waals surface area contributed by atoms with Crippen molar-refractivity contribution in [2.24, 2.45) is 0 Å². The van der Waals surface area contributed by atoms with E-state index in [1.165, 1.54) is 7.11 Å². The van der Waals surface area contributed by atoms with E-state index < -0.39 is 5.60 Å². The third-order valence-corrected chi connectivity index (χ3v) is 5.82. The number of methoxy groups -OCH3 is 2. The molecule has 0 aromatic heterocycles. The van der Waals surface area contributed by atoms with Gasteiger partial charge in [-0.15, -0.1) is 0 Å². The number of ether oxygens (including phenoxy) is 4. The highest BCUT2D eigenvalue weighted by Gasteiger charge is 2.29. The van der Waals surface area contributed by atoms with Crippen LogP contribution in [0.5, 0.6) is 5.75 Å². The van der Waals surface area contributed by atoms with Crippen molar-refractivity contribution in [2.45, 2.75) is 78.0 Å². The fourth-order valence-corrected chi connectivity index (χ4v) is 4.25.